The number of amides is 1. The first kappa shape index (κ1) is 15.8. The molecule has 0 saturated carbocycles. The van der Waals surface area contributed by atoms with Crippen molar-refractivity contribution in [3.8, 4) is 0 Å². The van der Waals surface area contributed by atoms with Crippen LogP contribution < -0.4 is 10.2 Å². The third-order valence-corrected chi connectivity index (χ3v) is 3.75. The van der Waals surface area contributed by atoms with Crippen LogP contribution in [0.25, 0.3) is 0 Å². The third kappa shape index (κ3) is 4.02. The second kappa shape index (κ2) is 7.47. The Kier molecular flexibility index (Phi) is 4.92. The second-order valence-corrected chi connectivity index (χ2v) is 5.64. The lowest BCUT2D eigenvalue weighted by molar-refractivity contribution is -0.114. The van der Waals surface area contributed by atoms with Crippen molar-refractivity contribution in [3.05, 3.63) is 90.5 Å². The summed E-state index contributed by atoms with van der Waals surface area (Å²) in [7, 11) is 0. The number of benzene rings is 3. The van der Waals surface area contributed by atoms with E-state index in [2.05, 4.69) is 46.6 Å². The molecule has 0 atom stereocenters. The van der Waals surface area contributed by atoms with E-state index in [9.17, 15) is 4.79 Å². The fourth-order valence-electron chi connectivity index (χ4n) is 2.63. The van der Waals surface area contributed by atoms with Crippen molar-refractivity contribution < 1.29 is 4.79 Å². The zero-order valence-electron chi connectivity index (χ0n) is 13.6. The van der Waals surface area contributed by atoms with Gasteiger partial charge in [0.2, 0.25) is 5.91 Å². The van der Waals surface area contributed by atoms with Crippen LogP contribution in [-0.4, -0.2) is 5.91 Å². The summed E-state index contributed by atoms with van der Waals surface area (Å²) in [6.45, 7) is 2.30. The number of para-hydroxylation sites is 1. The summed E-state index contributed by atoms with van der Waals surface area (Å²) in [5.74, 6) is -0.0630. The van der Waals surface area contributed by atoms with Gasteiger partial charge in [0, 0.05) is 30.5 Å². The first-order chi connectivity index (χ1) is 11.7. The van der Waals surface area contributed by atoms with E-state index in [1.165, 1.54) is 12.5 Å². The molecule has 3 rings (SSSR count). The first-order valence-electron chi connectivity index (χ1n) is 7.96. The van der Waals surface area contributed by atoms with Crippen molar-refractivity contribution in [3.63, 3.8) is 0 Å². The number of carbonyl (C=O) groups is 1. The fourth-order valence-corrected chi connectivity index (χ4v) is 2.63. The number of hydrogen-bond acceptors (Lipinski definition) is 2. The molecule has 0 aliphatic rings. The molecule has 3 heteroatoms. The Morgan fingerprint density at radius 3 is 1.92 bits per heavy atom. The maximum Gasteiger partial charge on any atom is 0.221 e. The molecule has 3 aromatic rings. The molecular formula is C21H20N2O. The number of nitrogens with zero attached hydrogens (tertiary/aromatic N) is 1. The van der Waals surface area contributed by atoms with Gasteiger partial charge in [-0.1, -0.05) is 48.5 Å². The van der Waals surface area contributed by atoms with Crippen LogP contribution >= 0.6 is 0 Å². The lowest BCUT2D eigenvalue weighted by Crippen LogP contribution is -2.16. The molecular weight excluding hydrogens is 296 g/mol. The standard InChI is InChI=1S/C21H20N2O/c1-17(24)22-19-12-14-21(15-13-19)23(20-10-6-3-7-11-20)16-18-8-4-2-5-9-18/h2-15H,16H2,1H3,(H,22,24). The van der Waals surface area contributed by atoms with Crippen LogP contribution in [0.3, 0.4) is 0 Å². The molecule has 0 saturated heterocycles. The highest BCUT2D eigenvalue weighted by molar-refractivity contribution is 5.88. The van der Waals surface area contributed by atoms with Gasteiger partial charge in [0.25, 0.3) is 0 Å². The minimum absolute atomic E-state index is 0.0630. The van der Waals surface area contributed by atoms with Crippen molar-refractivity contribution in [2.45, 2.75) is 13.5 Å². The molecule has 0 aliphatic heterocycles. The first-order valence-corrected chi connectivity index (χ1v) is 7.96. The van der Waals surface area contributed by atoms with E-state index in [1.807, 2.05) is 48.5 Å². The Labute approximate surface area is 142 Å². The highest BCUT2D eigenvalue weighted by Gasteiger charge is 2.10. The van der Waals surface area contributed by atoms with E-state index in [0.717, 1.165) is 23.6 Å². The summed E-state index contributed by atoms with van der Waals surface area (Å²) in [6, 6.07) is 28.6. The topological polar surface area (TPSA) is 32.3 Å². The van der Waals surface area contributed by atoms with Crippen LogP contribution in [0, 0.1) is 0 Å². The monoisotopic (exact) mass is 316 g/mol. The van der Waals surface area contributed by atoms with Crippen molar-refractivity contribution >= 4 is 23.0 Å². The SMILES string of the molecule is CC(=O)Nc1ccc(N(Cc2ccccc2)c2ccccc2)cc1. The predicted molar refractivity (Wildman–Crippen MR) is 99.5 cm³/mol. The van der Waals surface area contributed by atoms with Crippen LogP contribution in [0.15, 0.2) is 84.9 Å². The van der Waals surface area contributed by atoms with E-state index in [-0.39, 0.29) is 5.91 Å². The molecule has 3 aromatic carbocycles. The molecule has 0 fully saturated rings. The predicted octanol–water partition coefficient (Wildman–Crippen LogP) is 4.98. The van der Waals surface area contributed by atoms with Crippen LogP contribution in [0.4, 0.5) is 17.1 Å². The van der Waals surface area contributed by atoms with Crippen molar-refractivity contribution in [2.24, 2.45) is 0 Å². The van der Waals surface area contributed by atoms with Crippen LogP contribution in [0.1, 0.15) is 12.5 Å². The van der Waals surface area contributed by atoms with Gasteiger partial charge in [-0.05, 0) is 42.0 Å². The molecule has 0 bridgehead atoms. The Balaban J connectivity index is 1.91. The fraction of sp³-hybridized carbons (Fsp3) is 0.0952. The molecule has 0 unspecified atom stereocenters. The van der Waals surface area contributed by atoms with Gasteiger partial charge in [0.05, 0.1) is 0 Å². The van der Waals surface area contributed by atoms with Gasteiger partial charge in [0.15, 0.2) is 0 Å². The summed E-state index contributed by atoms with van der Waals surface area (Å²) in [5.41, 5.74) is 4.26. The Hall–Kier alpha value is -3.07. The van der Waals surface area contributed by atoms with Gasteiger partial charge < -0.3 is 10.2 Å². The smallest absolute Gasteiger partial charge is 0.221 e. The minimum Gasteiger partial charge on any atom is -0.337 e. The number of hydrogen-bond donors (Lipinski definition) is 1. The van der Waals surface area contributed by atoms with Crippen molar-refractivity contribution in [1.82, 2.24) is 0 Å². The lowest BCUT2D eigenvalue weighted by atomic mass is 10.1. The summed E-state index contributed by atoms with van der Waals surface area (Å²) in [4.78, 5) is 13.4. The number of anilines is 3. The zero-order chi connectivity index (χ0) is 16.8. The second-order valence-electron chi connectivity index (χ2n) is 5.64. The van der Waals surface area contributed by atoms with Crippen LogP contribution in [0.2, 0.25) is 0 Å². The summed E-state index contributed by atoms with van der Waals surface area (Å²) in [6.07, 6.45) is 0. The van der Waals surface area contributed by atoms with Crippen LogP contribution in [0.5, 0.6) is 0 Å². The molecule has 0 radical (unpaired) electrons. The number of carbonyl (C=O) groups excluding carboxylic acids is 1. The molecule has 3 nitrogen and oxygen atoms in total. The molecule has 24 heavy (non-hydrogen) atoms. The van der Waals surface area contributed by atoms with Gasteiger partial charge in [0.1, 0.15) is 0 Å². The molecule has 0 spiro atoms. The molecule has 0 aliphatic carbocycles. The minimum atomic E-state index is -0.0630. The normalized spacial score (nSPS) is 10.2. The maximum absolute atomic E-state index is 11.2. The molecule has 0 heterocycles. The van der Waals surface area contributed by atoms with Gasteiger partial charge in [-0.15, -0.1) is 0 Å². The quantitative estimate of drug-likeness (QED) is 0.719. The molecule has 1 N–H and O–H groups in total. The number of rotatable bonds is 5. The highest BCUT2D eigenvalue weighted by Crippen LogP contribution is 2.28. The van der Waals surface area contributed by atoms with E-state index in [0.29, 0.717) is 0 Å². The summed E-state index contributed by atoms with van der Waals surface area (Å²) in [5, 5.41) is 2.80. The number of nitrogens with one attached hydrogen (secondary N) is 1. The van der Waals surface area contributed by atoms with E-state index < -0.39 is 0 Å². The summed E-state index contributed by atoms with van der Waals surface area (Å²) < 4.78 is 0. The van der Waals surface area contributed by atoms with E-state index in [4.69, 9.17) is 0 Å². The molecule has 0 aromatic heterocycles. The van der Waals surface area contributed by atoms with Gasteiger partial charge >= 0.3 is 0 Å². The Bertz CT molecular complexity index is 783. The van der Waals surface area contributed by atoms with Gasteiger partial charge in [-0.25, -0.2) is 0 Å². The van der Waals surface area contributed by atoms with E-state index >= 15 is 0 Å². The van der Waals surface area contributed by atoms with Gasteiger partial charge in [-0.2, -0.15) is 0 Å². The summed E-state index contributed by atoms with van der Waals surface area (Å²) >= 11 is 0. The molecule has 1 amide bonds. The molecule has 120 valence electrons. The lowest BCUT2D eigenvalue weighted by Gasteiger charge is -2.25. The third-order valence-electron chi connectivity index (χ3n) is 3.75. The van der Waals surface area contributed by atoms with Crippen LogP contribution in [-0.2, 0) is 11.3 Å². The average Bonchev–Trinajstić information content (AvgIpc) is 2.62. The largest absolute Gasteiger partial charge is 0.337 e. The Morgan fingerprint density at radius 2 is 1.33 bits per heavy atom. The Morgan fingerprint density at radius 1 is 0.792 bits per heavy atom. The van der Waals surface area contributed by atoms with Gasteiger partial charge in [-0.3, -0.25) is 4.79 Å². The highest BCUT2D eigenvalue weighted by atomic mass is 16.1. The average molecular weight is 316 g/mol. The van der Waals surface area contributed by atoms with E-state index in [1.54, 1.807) is 0 Å². The maximum atomic E-state index is 11.2. The zero-order valence-corrected chi connectivity index (χ0v) is 13.6. The van der Waals surface area contributed by atoms with Crippen molar-refractivity contribution in [1.29, 1.82) is 0 Å². The van der Waals surface area contributed by atoms with Crippen molar-refractivity contribution in [2.75, 3.05) is 10.2 Å².